The van der Waals surface area contributed by atoms with Gasteiger partial charge in [-0.25, -0.2) is 0 Å². The zero-order valence-corrected chi connectivity index (χ0v) is 15.6. The highest BCUT2D eigenvalue weighted by Gasteiger charge is 2.59. The average molecular weight is 363 g/mol. The Labute approximate surface area is 157 Å². The maximum Gasteiger partial charge on any atom is 0.271 e. The predicted octanol–water partition coefficient (Wildman–Crippen LogP) is 2.85. The first-order valence-corrected chi connectivity index (χ1v) is 8.95. The summed E-state index contributed by atoms with van der Waals surface area (Å²) in [7, 11) is 1.59. The molecule has 1 unspecified atom stereocenters. The number of aryl methyl sites for hydroxylation is 2. The van der Waals surface area contributed by atoms with E-state index < -0.39 is 5.66 Å². The van der Waals surface area contributed by atoms with Crippen LogP contribution in [0.4, 0.5) is 11.4 Å². The van der Waals surface area contributed by atoms with Crippen molar-refractivity contribution in [2.75, 3.05) is 17.3 Å². The van der Waals surface area contributed by atoms with Crippen molar-refractivity contribution in [2.45, 2.75) is 32.4 Å². The van der Waals surface area contributed by atoms with Gasteiger partial charge in [0.2, 0.25) is 11.6 Å². The highest BCUT2D eigenvalue weighted by atomic mass is 16.2. The van der Waals surface area contributed by atoms with E-state index in [1.807, 2.05) is 32.0 Å². The topological polar surface area (TPSA) is 69.7 Å². The number of carbonyl (C=O) groups excluding carboxylic acids is 3. The number of anilines is 2. The zero-order valence-electron chi connectivity index (χ0n) is 15.6. The molecule has 6 heteroatoms. The Kier molecular flexibility index (Phi) is 3.80. The second kappa shape index (κ2) is 5.94. The number of rotatable bonds is 2. The van der Waals surface area contributed by atoms with Gasteiger partial charge in [-0.05, 0) is 49.2 Å². The van der Waals surface area contributed by atoms with Crippen molar-refractivity contribution in [2.24, 2.45) is 0 Å². The summed E-state index contributed by atoms with van der Waals surface area (Å²) in [6.45, 7) is 3.97. The normalized spacial score (nSPS) is 21.1. The Hall–Kier alpha value is -3.15. The number of nitrogens with zero attached hydrogens (tertiary/aromatic N) is 2. The summed E-state index contributed by atoms with van der Waals surface area (Å²) in [5.41, 5.74) is 2.42. The second-order valence-electron chi connectivity index (χ2n) is 7.18. The fourth-order valence-corrected chi connectivity index (χ4v) is 3.98. The summed E-state index contributed by atoms with van der Waals surface area (Å²) >= 11 is 0. The van der Waals surface area contributed by atoms with E-state index in [9.17, 15) is 14.4 Å². The molecule has 0 spiro atoms. The van der Waals surface area contributed by atoms with Gasteiger partial charge in [0.05, 0.1) is 11.3 Å². The second-order valence-corrected chi connectivity index (χ2v) is 7.18. The van der Waals surface area contributed by atoms with Crippen molar-refractivity contribution >= 4 is 29.1 Å². The van der Waals surface area contributed by atoms with E-state index in [4.69, 9.17) is 0 Å². The van der Waals surface area contributed by atoms with Crippen LogP contribution in [0.1, 0.15) is 34.3 Å². The summed E-state index contributed by atoms with van der Waals surface area (Å²) in [6, 6.07) is 12.6. The van der Waals surface area contributed by atoms with E-state index in [1.54, 1.807) is 31.3 Å². The molecule has 0 radical (unpaired) electrons. The Morgan fingerprint density at radius 3 is 2.56 bits per heavy atom. The molecule has 0 saturated carbocycles. The van der Waals surface area contributed by atoms with E-state index in [0.29, 0.717) is 16.9 Å². The number of para-hydroxylation sites is 1. The van der Waals surface area contributed by atoms with E-state index >= 15 is 0 Å². The molecule has 1 atom stereocenters. The fourth-order valence-electron chi connectivity index (χ4n) is 3.98. The summed E-state index contributed by atoms with van der Waals surface area (Å²) in [4.78, 5) is 41.9. The smallest absolute Gasteiger partial charge is 0.271 e. The monoisotopic (exact) mass is 363 g/mol. The van der Waals surface area contributed by atoms with Crippen LogP contribution in [0.2, 0.25) is 0 Å². The average Bonchev–Trinajstić information content (AvgIpc) is 3.01. The SMILES string of the molecule is Cc1ccc(NC(=O)C23CCC(=O)N2c2ccccc2C(=O)N3C)cc1C. The van der Waals surface area contributed by atoms with Crippen LogP contribution in [0.25, 0.3) is 0 Å². The summed E-state index contributed by atoms with van der Waals surface area (Å²) in [6.07, 6.45) is 0.478. The molecule has 0 aromatic heterocycles. The first-order chi connectivity index (χ1) is 12.9. The van der Waals surface area contributed by atoms with Gasteiger partial charge < -0.3 is 10.2 Å². The third-order valence-electron chi connectivity index (χ3n) is 5.67. The lowest BCUT2D eigenvalue weighted by Crippen LogP contribution is -2.68. The van der Waals surface area contributed by atoms with Crippen molar-refractivity contribution in [3.63, 3.8) is 0 Å². The summed E-state index contributed by atoms with van der Waals surface area (Å²) in [5.74, 6) is -0.786. The van der Waals surface area contributed by atoms with Gasteiger partial charge in [-0.2, -0.15) is 0 Å². The molecule has 2 aromatic carbocycles. The molecular formula is C21H21N3O3. The van der Waals surface area contributed by atoms with E-state index in [0.717, 1.165) is 11.1 Å². The third kappa shape index (κ3) is 2.36. The lowest BCUT2D eigenvalue weighted by molar-refractivity contribution is -0.128. The molecule has 2 aromatic rings. The van der Waals surface area contributed by atoms with Gasteiger partial charge in [0.25, 0.3) is 11.8 Å². The van der Waals surface area contributed by atoms with Gasteiger partial charge in [0, 0.05) is 25.6 Å². The van der Waals surface area contributed by atoms with Crippen LogP contribution in [0.5, 0.6) is 0 Å². The Balaban J connectivity index is 1.79. The number of amides is 3. The fraction of sp³-hybridized carbons (Fsp3) is 0.286. The molecule has 3 amide bonds. The van der Waals surface area contributed by atoms with Gasteiger partial charge in [0.1, 0.15) is 0 Å². The van der Waals surface area contributed by atoms with Crippen molar-refractivity contribution in [1.82, 2.24) is 4.90 Å². The maximum atomic E-state index is 13.4. The number of benzene rings is 2. The molecule has 1 N–H and O–H groups in total. The minimum Gasteiger partial charge on any atom is -0.322 e. The van der Waals surface area contributed by atoms with Gasteiger partial charge >= 0.3 is 0 Å². The molecule has 1 fully saturated rings. The largest absolute Gasteiger partial charge is 0.322 e. The molecule has 6 nitrogen and oxygen atoms in total. The standard InChI is InChI=1S/C21H21N3O3/c1-13-8-9-15(12-14(13)2)22-20(27)21-11-10-18(25)24(21)17-7-5-4-6-16(17)19(26)23(21)3/h4-9,12H,10-11H2,1-3H3,(H,22,27). The lowest BCUT2D eigenvalue weighted by atomic mass is 9.96. The van der Waals surface area contributed by atoms with Crippen LogP contribution in [0.3, 0.4) is 0 Å². The quantitative estimate of drug-likeness (QED) is 0.892. The molecule has 0 bridgehead atoms. The maximum absolute atomic E-state index is 13.4. The minimum atomic E-state index is -1.35. The highest BCUT2D eigenvalue weighted by molar-refractivity contribution is 6.18. The zero-order chi connectivity index (χ0) is 19.3. The van der Waals surface area contributed by atoms with Crippen LogP contribution in [-0.4, -0.2) is 35.3 Å². The molecule has 2 aliphatic heterocycles. The number of nitrogens with one attached hydrogen (secondary N) is 1. The Bertz CT molecular complexity index is 984. The van der Waals surface area contributed by atoms with Crippen molar-refractivity contribution in [3.05, 3.63) is 59.2 Å². The predicted molar refractivity (Wildman–Crippen MR) is 103 cm³/mol. The first kappa shape index (κ1) is 17.3. The van der Waals surface area contributed by atoms with Crippen molar-refractivity contribution in [3.8, 4) is 0 Å². The van der Waals surface area contributed by atoms with Crippen LogP contribution in [0.15, 0.2) is 42.5 Å². The van der Waals surface area contributed by atoms with Crippen molar-refractivity contribution < 1.29 is 14.4 Å². The van der Waals surface area contributed by atoms with Gasteiger partial charge in [-0.3, -0.25) is 19.3 Å². The molecule has 27 heavy (non-hydrogen) atoms. The number of fused-ring (bicyclic) bond motifs is 3. The number of carbonyl (C=O) groups is 3. The van der Waals surface area contributed by atoms with E-state index in [-0.39, 0.29) is 30.6 Å². The van der Waals surface area contributed by atoms with Crippen LogP contribution in [-0.2, 0) is 9.59 Å². The number of hydrogen-bond donors (Lipinski definition) is 1. The van der Waals surface area contributed by atoms with Crippen molar-refractivity contribution in [1.29, 1.82) is 0 Å². The number of likely N-dealkylation sites (N-methyl/N-ethyl adjacent to an activating group) is 1. The van der Waals surface area contributed by atoms with Gasteiger partial charge in [0.15, 0.2) is 0 Å². The van der Waals surface area contributed by atoms with Gasteiger partial charge in [-0.15, -0.1) is 0 Å². The number of hydrogen-bond acceptors (Lipinski definition) is 3. The van der Waals surface area contributed by atoms with E-state index in [2.05, 4.69) is 5.32 Å². The molecule has 0 aliphatic carbocycles. The van der Waals surface area contributed by atoms with Crippen LogP contribution < -0.4 is 10.2 Å². The third-order valence-corrected chi connectivity index (χ3v) is 5.67. The minimum absolute atomic E-state index is 0.156. The Morgan fingerprint density at radius 1 is 1.07 bits per heavy atom. The Morgan fingerprint density at radius 2 is 1.81 bits per heavy atom. The molecule has 2 heterocycles. The molecular weight excluding hydrogens is 342 g/mol. The van der Waals surface area contributed by atoms with Crippen LogP contribution in [0, 0.1) is 13.8 Å². The lowest BCUT2D eigenvalue weighted by Gasteiger charge is -2.47. The van der Waals surface area contributed by atoms with Gasteiger partial charge in [-0.1, -0.05) is 18.2 Å². The summed E-state index contributed by atoms with van der Waals surface area (Å²) in [5, 5.41) is 2.92. The summed E-state index contributed by atoms with van der Waals surface area (Å²) < 4.78 is 0. The van der Waals surface area contributed by atoms with E-state index in [1.165, 1.54) is 9.80 Å². The highest BCUT2D eigenvalue weighted by Crippen LogP contribution is 2.44. The van der Waals surface area contributed by atoms with Crippen LogP contribution >= 0.6 is 0 Å². The molecule has 4 rings (SSSR count). The molecule has 2 aliphatic rings. The molecule has 138 valence electrons. The molecule has 1 saturated heterocycles. The first-order valence-electron chi connectivity index (χ1n) is 8.95.